The molecule has 0 aliphatic carbocycles. The highest BCUT2D eigenvalue weighted by Gasteiger charge is 2.26. The summed E-state index contributed by atoms with van der Waals surface area (Å²) >= 11 is 0. The summed E-state index contributed by atoms with van der Waals surface area (Å²) in [5.74, 6) is 0. The van der Waals surface area contributed by atoms with Gasteiger partial charge in [0, 0.05) is 12.1 Å². The Labute approximate surface area is 95.4 Å². The van der Waals surface area contributed by atoms with Crippen LogP contribution in [-0.2, 0) is 0 Å². The lowest BCUT2D eigenvalue weighted by atomic mass is 9.98. The normalized spacial score (nSPS) is 29.0. The largest absolute Gasteiger partial charge is 0.310 e. The van der Waals surface area contributed by atoms with E-state index in [0.717, 1.165) is 0 Å². The van der Waals surface area contributed by atoms with Crippen molar-refractivity contribution in [1.29, 1.82) is 0 Å². The van der Waals surface area contributed by atoms with Crippen LogP contribution in [0.25, 0.3) is 0 Å². The summed E-state index contributed by atoms with van der Waals surface area (Å²) in [5, 5.41) is 3.69. The molecule has 15 heavy (non-hydrogen) atoms. The Balaban J connectivity index is 2.36. The monoisotopic (exact) mass is 212 g/mol. The van der Waals surface area contributed by atoms with Crippen molar-refractivity contribution in [3.05, 3.63) is 0 Å². The van der Waals surface area contributed by atoms with E-state index in [-0.39, 0.29) is 0 Å². The maximum Gasteiger partial charge on any atom is 0.0277 e. The molecule has 0 spiro atoms. The SMILES string of the molecule is CCCCCN1CCCNC(C)(CC)C1. The second-order valence-corrected chi connectivity index (χ2v) is 5.18. The van der Waals surface area contributed by atoms with Crippen LogP contribution in [0.5, 0.6) is 0 Å². The highest BCUT2D eigenvalue weighted by molar-refractivity contribution is 4.87. The summed E-state index contributed by atoms with van der Waals surface area (Å²) in [6.07, 6.45) is 6.62. The lowest BCUT2D eigenvalue weighted by Crippen LogP contribution is -2.48. The summed E-state index contributed by atoms with van der Waals surface area (Å²) in [5.41, 5.74) is 0.350. The average molecular weight is 212 g/mol. The van der Waals surface area contributed by atoms with Gasteiger partial charge in [0.15, 0.2) is 0 Å². The number of rotatable bonds is 5. The molecule has 1 rings (SSSR count). The minimum absolute atomic E-state index is 0.350. The van der Waals surface area contributed by atoms with Crippen molar-refractivity contribution < 1.29 is 0 Å². The molecule has 1 atom stereocenters. The molecule has 0 bridgehead atoms. The molecular weight excluding hydrogens is 184 g/mol. The number of hydrogen-bond acceptors (Lipinski definition) is 2. The number of unbranched alkanes of at least 4 members (excludes halogenated alkanes) is 2. The van der Waals surface area contributed by atoms with E-state index in [1.807, 2.05) is 0 Å². The third kappa shape index (κ3) is 4.52. The Morgan fingerprint density at radius 3 is 2.73 bits per heavy atom. The third-order valence-corrected chi connectivity index (χ3v) is 3.63. The van der Waals surface area contributed by atoms with Gasteiger partial charge < -0.3 is 10.2 Å². The average Bonchev–Trinajstić information content (AvgIpc) is 2.42. The lowest BCUT2D eigenvalue weighted by Gasteiger charge is -2.32. The lowest BCUT2D eigenvalue weighted by molar-refractivity contribution is 0.212. The van der Waals surface area contributed by atoms with Crippen molar-refractivity contribution in [2.45, 2.75) is 58.4 Å². The zero-order valence-electron chi connectivity index (χ0n) is 10.8. The van der Waals surface area contributed by atoms with E-state index in [2.05, 4.69) is 31.0 Å². The fourth-order valence-corrected chi connectivity index (χ4v) is 2.33. The van der Waals surface area contributed by atoms with E-state index in [1.54, 1.807) is 0 Å². The Morgan fingerprint density at radius 1 is 1.27 bits per heavy atom. The van der Waals surface area contributed by atoms with E-state index in [4.69, 9.17) is 0 Å². The summed E-state index contributed by atoms with van der Waals surface area (Å²) in [6, 6.07) is 0. The first-order valence-electron chi connectivity index (χ1n) is 6.67. The second-order valence-electron chi connectivity index (χ2n) is 5.18. The van der Waals surface area contributed by atoms with E-state index in [9.17, 15) is 0 Å². The van der Waals surface area contributed by atoms with Gasteiger partial charge >= 0.3 is 0 Å². The quantitative estimate of drug-likeness (QED) is 0.705. The van der Waals surface area contributed by atoms with E-state index >= 15 is 0 Å². The highest BCUT2D eigenvalue weighted by Crippen LogP contribution is 2.15. The maximum absolute atomic E-state index is 3.69. The van der Waals surface area contributed by atoms with Gasteiger partial charge in [-0.3, -0.25) is 0 Å². The highest BCUT2D eigenvalue weighted by atomic mass is 15.2. The van der Waals surface area contributed by atoms with Crippen molar-refractivity contribution in [3.63, 3.8) is 0 Å². The molecule has 0 aromatic heterocycles. The van der Waals surface area contributed by atoms with Gasteiger partial charge in [-0.05, 0) is 45.8 Å². The van der Waals surface area contributed by atoms with Crippen molar-refractivity contribution in [2.75, 3.05) is 26.2 Å². The fraction of sp³-hybridized carbons (Fsp3) is 1.00. The molecule has 2 heteroatoms. The van der Waals surface area contributed by atoms with Gasteiger partial charge in [0.1, 0.15) is 0 Å². The van der Waals surface area contributed by atoms with Gasteiger partial charge in [-0.25, -0.2) is 0 Å². The van der Waals surface area contributed by atoms with Gasteiger partial charge in [0.25, 0.3) is 0 Å². The summed E-state index contributed by atoms with van der Waals surface area (Å²) in [6.45, 7) is 11.9. The van der Waals surface area contributed by atoms with Crippen LogP contribution in [0.4, 0.5) is 0 Å². The molecule has 90 valence electrons. The van der Waals surface area contributed by atoms with Gasteiger partial charge in [-0.1, -0.05) is 26.7 Å². The Hall–Kier alpha value is -0.0800. The molecular formula is C13H28N2. The van der Waals surface area contributed by atoms with Crippen molar-refractivity contribution >= 4 is 0 Å². The Kier molecular flexibility index (Phi) is 5.62. The van der Waals surface area contributed by atoms with E-state index in [1.165, 1.54) is 58.3 Å². The van der Waals surface area contributed by atoms with Gasteiger partial charge in [-0.15, -0.1) is 0 Å². The summed E-state index contributed by atoms with van der Waals surface area (Å²) in [4.78, 5) is 2.65. The maximum atomic E-state index is 3.69. The van der Waals surface area contributed by atoms with Crippen molar-refractivity contribution in [3.8, 4) is 0 Å². The molecule has 1 heterocycles. The molecule has 1 aliphatic rings. The Bertz CT molecular complexity index is 170. The van der Waals surface area contributed by atoms with E-state index in [0.29, 0.717) is 5.54 Å². The van der Waals surface area contributed by atoms with Crippen LogP contribution in [0.3, 0.4) is 0 Å². The second kappa shape index (κ2) is 6.49. The first-order valence-corrected chi connectivity index (χ1v) is 6.67. The van der Waals surface area contributed by atoms with Gasteiger partial charge in [0.05, 0.1) is 0 Å². The van der Waals surface area contributed by atoms with Crippen LogP contribution in [0.1, 0.15) is 52.9 Å². The van der Waals surface area contributed by atoms with Crippen LogP contribution in [0.2, 0.25) is 0 Å². The molecule has 1 fully saturated rings. The van der Waals surface area contributed by atoms with Crippen molar-refractivity contribution in [1.82, 2.24) is 10.2 Å². The molecule has 1 aliphatic heterocycles. The van der Waals surface area contributed by atoms with Gasteiger partial charge in [0.2, 0.25) is 0 Å². The molecule has 0 aromatic rings. The van der Waals surface area contributed by atoms with Crippen LogP contribution in [-0.4, -0.2) is 36.6 Å². The van der Waals surface area contributed by atoms with Crippen molar-refractivity contribution in [2.24, 2.45) is 0 Å². The van der Waals surface area contributed by atoms with Gasteiger partial charge in [-0.2, -0.15) is 0 Å². The number of nitrogens with zero attached hydrogens (tertiary/aromatic N) is 1. The fourth-order valence-electron chi connectivity index (χ4n) is 2.33. The molecule has 0 saturated carbocycles. The topological polar surface area (TPSA) is 15.3 Å². The molecule has 1 saturated heterocycles. The van der Waals surface area contributed by atoms with Crippen LogP contribution in [0, 0.1) is 0 Å². The zero-order chi connectivity index (χ0) is 11.1. The Morgan fingerprint density at radius 2 is 2.07 bits per heavy atom. The first-order chi connectivity index (χ1) is 7.20. The van der Waals surface area contributed by atoms with Crippen LogP contribution < -0.4 is 5.32 Å². The third-order valence-electron chi connectivity index (χ3n) is 3.63. The molecule has 0 amide bonds. The zero-order valence-corrected chi connectivity index (χ0v) is 10.8. The minimum atomic E-state index is 0.350. The minimum Gasteiger partial charge on any atom is -0.310 e. The van der Waals surface area contributed by atoms with Crippen LogP contribution >= 0.6 is 0 Å². The first kappa shape index (κ1) is 13.0. The standard InChI is InChI=1S/C13H28N2/c1-4-6-7-10-15-11-8-9-14-13(3,5-2)12-15/h14H,4-12H2,1-3H3. The molecule has 2 nitrogen and oxygen atoms in total. The molecule has 0 aromatic carbocycles. The summed E-state index contributed by atoms with van der Waals surface area (Å²) < 4.78 is 0. The van der Waals surface area contributed by atoms with E-state index < -0.39 is 0 Å². The summed E-state index contributed by atoms with van der Waals surface area (Å²) in [7, 11) is 0. The molecule has 0 radical (unpaired) electrons. The predicted molar refractivity (Wildman–Crippen MR) is 67.3 cm³/mol. The molecule has 1 N–H and O–H groups in total. The predicted octanol–water partition coefficient (Wildman–Crippen LogP) is 2.64. The number of hydrogen-bond donors (Lipinski definition) is 1. The number of nitrogens with one attached hydrogen (secondary N) is 1. The molecule has 1 unspecified atom stereocenters. The smallest absolute Gasteiger partial charge is 0.0277 e. The van der Waals surface area contributed by atoms with Crippen LogP contribution in [0.15, 0.2) is 0 Å².